The third kappa shape index (κ3) is 7.66. The minimum Gasteiger partial charge on any atom is -0.497 e. The van der Waals surface area contributed by atoms with Gasteiger partial charge in [-0.05, 0) is 64.4 Å². The van der Waals surface area contributed by atoms with E-state index in [0.717, 1.165) is 48.6 Å². The third-order valence-electron chi connectivity index (χ3n) is 5.24. The van der Waals surface area contributed by atoms with Crippen molar-refractivity contribution in [3.05, 3.63) is 23.8 Å². The molecule has 0 radical (unpaired) electrons. The van der Waals surface area contributed by atoms with Gasteiger partial charge >= 0.3 is 0 Å². The molecule has 1 aromatic rings. The molecule has 1 aromatic carbocycles. The zero-order valence-corrected chi connectivity index (χ0v) is 20.4. The predicted molar refractivity (Wildman–Crippen MR) is 127 cm³/mol. The van der Waals surface area contributed by atoms with Crippen LogP contribution in [-0.4, -0.2) is 70.3 Å². The minimum absolute atomic E-state index is 0. The number of piperidine rings is 1. The number of likely N-dealkylation sites (tertiary alicyclic amines) is 1. The van der Waals surface area contributed by atoms with Gasteiger partial charge in [-0.25, -0.2) is 0 Å². The summed E-state index contributed by atoms with van der Waals surface area (Å²) >= 11 is 0. The molecule has 0 saturated carbocycles. The summed E-state index contributed by atoms with van der Waals surface area (Å²) in [6, 6.07) is 5.94. The Balaban J connectivity index is 0.00000392. The van der Waals surface area contributed by atoms with Gasteiger partial charge in [0, 0.05) is 38.3 Å². The molecule has 2 rings (SSSR count). The number of guanidine groups is 1. The number of aliphatic imine (C=N–C) groups is 1. The third-order valence-corrected chi connectivity index (χ3v) is 5.24. The average molecular weight is 504 g/mol. The van der Waals surface area contributed by atoms with Crippen molar-refractivity contribution >= 4 is 29.9 Å². The first-order valence-corrected chi connectivity index (χ1v) is 9.96. The van der Waals surface area contributed by atoms with E-state index in [1.54, 1.807) is 14.2 Å². The highest BCUT2D eigenvalue weighted by Gasteiger charge is 2.16. The molecule has 0 spiro atoms. The van der Waals surface area contributed by atoms with E-state index >= 15 is 0 Å². The number of hydrogen-bond acceptors (Lipinski definition) is 4. The van der Waals surface area contributed by atoms with Crippen molar-refractivity contribution in [2.45, 2.75) is 32.7 Å². The first-order chi connectivity index (χ1) is 13.1. The summed E-state index contributed by atoms with van der Waals surface area (Å²) in [6.45, 7) is 7.00. The molecule has 7 heteroatoms. The molecule has 0 aromatic heterocycles. The standard InChI is InChI=1S/C21H36N4O2.HI/c1-6-22-21(23-12-9-17-10-13-24(2)14-11-17)25(3)16-18-7-8-19(26-4)15-20(18)27-5;/h7-8,15,17H,6,9-14,16H2,1-5H3,(H,22,23);1H. The molecule has 1 aliphatic rings. The van der Waals surface area contributed by atoms with Crippen LogP contribution < -0.4 is 14.8 Å². The summed E-state index contributed by atoms with van der Waals surface area (Å²) in [5, 5.41) is 3.41. The van der Waals surface area contributed by atoms with Crippen LogP contribution in [0.2, 0.25) is 0 Å². The Morgan fingerprint density at radius 2 is 1.96 bits per heavy atom. The monoisotopic (exact) mass is 504 g/mol. The van der Waals surface area contributed by atoms with Gasteiger partial charge < -0.3 is 24.6 Å². The lowest BCUT2D eigenvalue weighted by Gasteiger charge is -2.28. The molecule has 0 bridgehead atoms. The van der Waals surface area contributed by atoms with Gasteiger partial charge in [0.25, 0.3) is 0 Å². The van der Waals surface area contributed by atoms with E-state index in [1.807, 2.05) is 12.1 Å². The topological polar surface area (TPSA) is 49.3 Å². The minimum atomic E-state index is 0. The van der Waals surface area contributed by atoms with Crippen molar-refractivity contribution in [3.8, 4) is 11.5 Å². The van der Waals surface area contributed by atoms with Gasteiger partial charge in [-0.3, -0.25) is 4.99 Å². The quantitative estimate of drug-likeness (QED) is 0.334. The van der Waals surface area contributed by atoms with Gasteiger partial charge in [-0.1, -0.05) is 0 Å². The number of nitrogens with zero attached hydrogens (tertiary/aromatic N) is 3. The Labute approximate surface area is 187 Å². The Morgan fingerprint density at radius 3 is 2.57 bits per heavy atom. The maximum absolute atomic E-state index is 5.53. The van der Waals surface area contributed by atoms with E-state index in [0.29, 0.717) is 0 Å². The fourth-order valence-electron chi connectivity index (χ4n) is 3.49. The highest BCUT2D eigenvalue weighted by molar-refractivity contribution is 14.0. The number of methoxy groups -OCH3 is 2. The second kappa shape index (κ2) is 13.1. The van der Waals surface area contributed by atoms with Crippen LogP contribution in [0.15, 0.2) is 23.2 Å². The largest absolute Gasteiger partial charge is 0.497 e. The van der Waals surface area contributed by atoms with Crippen molar-refractivity contribution in [2.24, 2.45) is 10.9 Å². The van der Waals surface area contributed by atoms with Crippen LogP contribution in [-0.2, 0) is 6.54 Å². The molecule has 1 N–H and O–H groups in total. The number of hydrogen-bond donors (Lipinski definition) is 1. The molecule has 6 nitrogen and oxygen atoms in total. The number of rotatable bonds is 8. The van der Waals surface area contributed by atoms with Gasteiger partial charge in [0.05, 0.1) is 14.2 Å². The molecule has 1 saturated heterocycles. The molecule has 0 aliphatic carbocycles. The summed E-state index contributed by atoms with van der Waals surface area (Å²) < 4.78 is 10.8. The van der Waals surface area contributed by atoms with E-state index < -0.39 is 0 Å². The maximum atomic E-state index is 5.53. The van der Waals surface area contributed by atoms with Gasteiger partial charge in [0.15, 0.2) is 5.96 Å². The van der Waals surface area contributed by atoms with Crippen molar-refractivity contribution in [1.82, 2.24) is 15.1 Å². The number of ether oxygens (including phenoxy) is 2. The smallest absolute Gasteiger partial charge is 0.193 e. The van der Waals surface area contributed by atoms with Crippen molar-refractivity contribution in [3.63, 3.8) is 0 Å². The molecule has 28 heavy (non-hydrogen) atoms. The van der Waals surface area contributed by atoms with Gasteiger partial charge in [0.2, 0.25) is 0 Å². The second-order valence-electron chi connectivity index (χ2n) is 7.30. The molecular weight excluding hydrogens is 467 g/mol. The van der Waals surface area contributed by atoms with Gasteiger partial charge in [-0.15, -0.1) is 24.0 Å². The van der Waals surface area contributed by atoms with Crippen LogP contribution in [0.3, 0.4) is 0 Å². The van der Waals surface area contributed by atoms with E-state index in [2.05, 4.69) is 42.2 Å². The van der Waals surface area contributed by atoms with Crippen LogP contribution >= 0.6 is 24.0 Å². The lowest BCUT2D eigenvalue weighted by Crippen LogP contribution is -2.38. The Morgan fingerprint density at radius 1 is 1.25 bits per heavy atom. The fraction of sp³-hybridized carbons (Fsp3) is 0.667. The molecule has 160 valence electrons. The highest BCUT2D eigenvalue weighted by Crippen LogP contribution is 2.25. The molecular formula is C21H37IN4O2. The van der Waals surface area contributed by atoms with Crippen LogP contribution in [0.25, 0.3) is 0 Å². The molecule has 0 atom stereocenters. The Kier molecular flexibility index (Phi) is 11.6. The molecule has 1 fully saturated rings. The van der Waals surface area contributed by atoms with Crippen LogP contribution in [0.5, 0.6) is 11.5 Å². The Hall–Kier alpha value is -1.22. The number of benzene rings is 1. The van der Waals surface area contributed by atoms with Crippen molar-refractivity contribution in [1.29, 1.82) is 0 Å². The maximum Gasteiger partial charge on any atom is 0.193 e. The van der Waals surface area contributed by atoms with Crippen molar-refractivity contribution in [2.75, 3.05) is 54.5 Å². The molecule has 0 amide bonds. The summed E-state index contributed by atoms with van der Waals surface area (Å²) in [7, 11) is 7.64. The average Bonchev–Trinajstić information content (AvgIpc) is 2.69. The molecule has 1 heterocycles. The first kappa shape index (κ1) is 24.8. The van der Waals surface area contributed by atoms with Crippen LogP contribution in [0.1, 0.15) is 31.7 Å². The fourth-order valence-corrected chi connectivity index (χ4v) is 3.49. The zero-order valence-electron chi connectivity index (χ0n) is 18.0. The van der Waals surface area contributed by atoms with Crippen molar-refractivity contribution < 1.29 is 9.47 Å². The van der Waals surface area contributed by atoms with Crippen LogP contribution in [0.4, 0.5) is 0 Å². The summed E-state index contributed by atoms with van der Waals surface area (Å²) in [6.07, 6.45) is 3.76. The molecule has 1 aliphatic heterocycles. The lowest BCUT2D eigenvalue weighted by atomic mass is 9.94. The van der Waals surface area contributed by atoms with Gasteiger partial charge in [0.1, 0.15) is 11.5 Å². The summed E-state index contributed by atoms with van der Waals surface area (Å²) in [5.74, 6) is 3.39. The van der Waals surface area contributed by atoms with Crippen LogP contribution in [0, 0.1) is 5.92 Å². The second-order valence-corrected chi connectivity index (χ2v) is 7.30. The highest BCUT2D eigenvalue weighted by atomic mass is 127. The van der Waals surface area contributed by atoms with E-state index in [9.17, 15) is 0 Å². The SMILES string of the molecule is CCNC(=NCCC1CCN(C)CC1)N(C)Cc1ccc(OC)cc1OC.I. The summed E-state index contributed by atoms with van der Waals surface area (Å²) in [4.78, 5) is 9.44. The van der Waals surface area contributed by atoms with E-state index in [4.69, 9.17) is 14.5 Å². The summed E-state index contributed by atoms with van der Waals surface area (Å²) in [5.41, 5.74) is 1.11. The van der Waals surface area contributed by atoms with E-state index in [1.165, 1.54) is 32.4 Å². The van der Waals surface area contributed by atoms with Gasteiger partial charge in [-0.2, -0.15) is 0 Å². The lowest BCUT2D eigenvalue weighted by molar-refractivity contribution is 0.214. The predicted octanol–water partition coefficient (Wildman–Crippen LogP) is 3.45. The number of halogens is 1. The normalized spacial score (nSPS) is 15.7. The van der Waals surface area contributed by atoms with E-state index in [-0.39, 0.29) is 24.0 Å². The first-order valence-electron chi connectivity index (χ1n) is 9.96. The zero-order chi connectivity index (χ0) is 19.6. The molecule has 0 unspecified atom stereocenters. The Bertz CT molecular complexity index is 604. The number of nitrogens with one attached hydrogen (secondary N) is 1.